The number of hydrogen-bond donors (Lipinski definition) is 1. The first kappa shape index (κ1) is 14.5. The Kier molecular flexibility index (Phi) is 4.99. The zero-order valence-electron chi connectivity index (χ0n) is 11.7. The van der Waals surface area contributed by atoms with Gasteiger partial charge >= 0.3 is 5.97 Å². The van der Waals surface area contributed by atoms with E-state index in [0.29, 0.717) is 24.8 Å². The summed E-state index contributed by atoms with van der Waals surface area (Å²) in [5.41, 5.74) is -0.670. The van der Waals surface area contributed by atoms with Crippen LogP contribution in [0.15, 0.2) is 0 Å². The first-order valence-electron chi connectivity index (χ1n) is 6.96. The maximum absolute atomic E-state index is 11.6. The highest BCUT2D eigenvalue weighted by Gasteiger charge is 2.43. The SMILES string of the molecule is CCC(CC)(C(=O)O)N(C)C1CCCCC1C. The van der Waals surface area contributed by atoms with Gasteiger partial charge in [-0.3, -0.25) is 9.69 Å². The van der Waals surface area contributed by atoms with E-state index in [9.17, 15) is 9.90 Å². The van der Waals surface area contributed by atoms with E-state index in [1.807, 2.05) is 20.9 Å². The van der Waals surface area contributed by atoms with E-state index in [2.05, 4.69) is 11.8 Å². The van der Waals surface area contributed by atoms with Gasteiger partial charge < -0.3 is 5.11 Å². The monoisotopic (exact) mass is 241 g/mol. The Labute approximate surface area is 105 Å². The van der Waals surface area contributed by atoms with Gasteiger partial charge in [0.2, 0.25) is 0 Å². The molecule has 2 unspecified atom stereocenters. The normalized spacial score (nSPS) is 26.2. The fourth-order valence-electron chi connectivity index (χ4n) is 3.39. The third-order valence-electron chi connectivity index (χ3n) is 4.81. The molecule has 0 heterocycles. The Bertz CT molecular complexity index is 261. The molecule has 1 rings (SSSR count). The summed E-state index contributed by atoms with van der Waals surface area (Å²) in [5, 5.41) is 9.57. The fraction of sp³-hybridized carbons (Fsp3) is 0.929. The van der Waals surface area contributed by atoms with Gasteiger partial charge in [0, 0.05) is 6.04 Å². The van der Waals surface area contributed by atoms with Gasteiger partial charge in [-0.1, -0.05) is 33.6 Å². The Morgan fingerprint density at radius 2 is 1.82 bits per heavy atom. The highest BCUT2D eigenvalue weighted by atomic mass is 16.4. The molecule has 0 saturated heterocycles. The molecule has 0 aromatic heterocycles. The van der Waals surface area contributed by atoms with Crippen molar-refractivity contribution < 1.29 is 9.90 Å². The highest BCUT2D eigenvalue weighted by molar-refractivity contribution is 5.78. The fourth-order valence-corrected chi connectivity index (χ4v) is 3.39. The molecule has 0 amide bonds. The molecule has 2 atom stereocenters. The van der Waals surface area contributed by atoms with Gasteiger partial charge in [-0.15, -0.1) is 0 Å². The number of hydrogen-bond acceptors (Lipinski definition) is 2. The summed E-state index contributed by atoms with van der Waals surface area (Å²) >= 11 is 0. The topological polar surface area (TPSA) is 40.5 Å². The summed E-state index contributed by atoms with van der Waals surface area (Å²) in [6, 6.07) is 0.430. The van der Waals surface area contributed by atoms with E-state index < -0.39 is 11.5 Å². The van der Waals surface area contributed by atoms with Crippen molar-refractivity contribution in [1.29, 1.82) is 0 Å². The van der Waals surface area contributed by atoms with E-state index in [1.54, 1.807) is 0 Å². The lowest BCUT2D eigenvalue weighted by atomic mass is 9.81. The van der Waals surface area contributed by atoms with E-state index in [4.69, 9.17) is 0 Å². The van der Waals surface area contributed by atoms with Crippen LogP contribution in [0.5, 0.6) is 0 Å². The van der Waals surface area contributed by atoms with Crippen molar-refractivity contribution in [3.63, 3.8) is 0 Å². The van der Waals surface area contributed by atoms with Crippen LogP contribution in [-0.4, -0.2) is 34.6 Å². The molecule has 1 N–H and O–H groups in total. The minimum absolute atomic E-state index is 0.430. The maximum Gasteiger partial charge on any atom is 0.324 e. The Balaban J connectivity index is 2.90. The molecule has 1 saturated carbocycles. The van der Waals surface area contributed by atoms with E-state index in [1.165, 1.54) is 19.3 Å². The van der Waals surface area contributed by atoms with Crippen LogP contribution in [0, 0.1) is 5.92 Å². The number of aliphatic carboxylic acids is 1. The van der Waals surface area contributed by atoms with Crippen molar-refractivity contribution in [1.82, 2.24) is 4.90 Å². The summed E-state index contributed by atoms with van der Waals surface area (Å²) < 4.78 is 0. The van der Waals surface area contributed by atoms with Crippen molar-refractivity contribution >= 4 is 5.97 Å². The lowest BCUT2D eigenvalue weighted by molar-refractivity contribution is -0.154. The second-order valence-corrected chi connectivity index (χ2v) is 5.48. The van der Waals surface area contributed by atoms with Crippen LogP contribution >= 0.6 is 0 Å². The van der Waals surface area contributed by atoms with Crippen LogP contribution in [0.3, 0.4) is 0 Å². The van der Waals surface area contributed by atoms with Crippen LogP contribution in [0.1, 0.15) is 59.3 Å². The Morgan fingerprint density at radius 1 is 1.29 bits per heavy atom. The van der Waals surface area contributed by atoms with Crippen LogP contribution in [0.4, 0.5) is 0 Å². The zero-order chi connectivity index (χ0) is 13.1. The third-order valence-corrected chi connectivity index (χ3v) is 4.81. The van der Waals surface area contributed by atoms with Gasteiger partial charge in [0.25, 0.3) is 0 Å². The number of carbonyl (C=O) groups is 1. The molecule has 0 aliphatic heterocycles. The Hall–Kier alpha value is -0.570. The van der Waals surface area contributed by atoms with E-state index >= 15 is 0 Å². The zero-order valence-corrected chi connectivity index (χ0v) is 11.7. The molecule has 0 bridgehead atoms. The summed E-state index contributed by atoms with van der Waals surface area (Å²) in [7, 11) is 2.01. The van der Waals surface area contributed by atoms with Crippen molar-refractivity contribution in [3.05, 3.63) is 0 Å². The molecule has 1 aliphatic carbocycles. The van der Waals surface area contributed by atoms with Gasteiger partial charge in [0.1, 0.15) is 5.54 Å². The number of likely N-dealkylation sites (N-methyl/N-ethyl adjacent to an activating group) is 1. The molecular formula is C14H27NO2. The minimum Gasteiger partial charge on any atom is -0.480 e. The second kappa shape index (κ2) is 5.85. The lowest BCUT2D eigenvalue weighted by Crippen LogP contribution is -2.58. The average molecular weight is 241 g/mol. The van der Waals surface area contributed by atoms with Crippen molar-refractivity contribution in [2.45, 2.75) is 70.9 Å². The number of nitrogens with zero attached hydrogens (tertiary/aromatic N) is 1. The molecule has 0 radical (unpaired) electrons. The van der Waals surface area contributed by atoms with E-state index in [0.717, 1.165) is 6.42 Å². The quantitative estimate of drug-likeness (QED) is 0.804. The predicted octanol–water partition coefficient (Wildman–Crippen LogP) is 3.14. The molecule has 100 valence electrons. The molecule has 0 spiro atoms. The molecular weight excluding hydrogens is 214 g/mol. The van der Waals surface area contributed by atoms with Crippen LogP contribution in [-0.2, 0) is 4.79 Å². The van der Waals surface area contributed by atoms with Gasteiger partial charge in [-0.25, -0.2) is 0 Å². The summed E-state index contributed by atoms with van der Waals surface area (Å²) in [4.78, 5) is 13.8. The number of carboxylic acid groups (broad SMARTS) is 1. The summed E-state index contributed by atoms with van der Waals surface area (Å²) in [5.74, 6) is -0.0478. The molecule has 3 nitrogen and oxygen atoms in total. The summed E-state index contributed by atoms with van der Waals surface area (Å²) in [6.45, 7) is 6.24. The number of carboxylic acids is 1. The molecule has 0 aromatic carbocycles. The highest BCUT2D eigenvalue weighted by Crippen LogP contribution is 2.34. The van der Waals surface area contributed by atoms with Gasteiger partial charge in [0.15, 0.2) is 0 Å². The largest absolute Gasteiger partial charge is 0.480 e. The van der Waals surface area contributed by atoms with Gasteiger partial charge in [0.05, 0.1) is 0 Å². The van der Waals surface area contributed by atoms with Crippen molar-refractivity contribution in [3.8, 4) is 0 Å². The second-order valence-electron chi connectivity index (χ2n) is 5.48. The minimum atomic E-state index is -0.670. The van der Waals surface area contributed by atoms with Gasteiger partial charge in [-0.05, 0) is 38.6 Å². The van der Waals surface area contributed by atoms with E-state index in [-0.39, 0.29) is 0 Å². The van der Waals surface area contributed by atoms with Crippen molar-refractivity contribution in [2.75, 3.05) is 7.05 Å². The van der Waals surface area contributed by atoms with Crippen molar-refractivity contribution in [2.24, 2.45) is 5.92 Å². The standard InChI is InChI=1S/C14H27NO2/c1-5-14(6-2,13(16)17)15(4)12-10-8-7-9-11(12)3/h11-12H,5-10H2,1-4H3,(H,16,17). The van der Waals surface area contributed by atoms with Crippen LogP contribution in [0.2, 0.25) is 0 Å². The average Bonchev–Trinajstić information content (AvgIpc) is 2.31. The van der Waals surface area contributed by atoms with Gasteiger partial charge in [-0.2, -0.15) is 0 Å². The maximum atomic E-state index is 11.6. The molecule has 17 heavy (non-hydrogen) atoms. The molecule has 3 heteroatoms. The molecule has 0 aromatic rings. The predicted molar refractivity (Wildman–Crippen MR) is 70.1 cm³/mol. The first-order chi connectivity index (χ1) is 7.99. The Morgan fingerprint density at radius 3 is 2.24 bits per heavy atom. The third kappa shape index (κ3) is 2.65. The van der Waals surface area contributed by atoms with Crippen LogP contribution < -0.4 is 0 Å². The first-order valence-corrected chi connectivity index (χ1v) is 6.96. The van der Waals surface area contributed by atoms with Crippen LogP contribution in [0.25, 0.3) is 0 Å². The smallest absolute Gasteiger partial charge is 0.324 e. The molecule has 1 fully saturated rings. The lowest BCUT2D eigenvalue weighted by Gasteiger charge is -2.46. The number of rotatable bonds is 5. The summed E-state index contributed by atoms with van der Waals surface area (Å²) in [6.07, 6.45) is 6.27. The molecule has 1 aliphatic rings.